The molecule has 0 aliphatic carbocycles. The van der Waals surface area contributed by atoms with Gasteiger partial charge in [-0.1, -0.05) is 41.5 Å². The summed E-state index contributed by atoms with van der Waals surface area (Å²) in [6.07, 6.45) is 3.62. The zero-order valence-corrected chi connectivity index (χ0v) is 21.6. The van der Waals surface area contributed by atoms with Crippen molar-refractivity contribution in [3.8, 4) is 0 Å². The van der Waals surface area contributed by atoms with Crippen LogP contribution in [0.1, 0.15) is 74.7 Å². The van der Waals surface area contributed by atoms with Crippen LogP contribution in [0.25, 0.3) is 0 Å². The van der Waals surface area contributed by atoms with Crippen LogP contribution in [-0.2, 0) is 0 Å². The van der Waals surface area contributed by atoms with Gasteiger partial charge < -0.3 is 14.1 Å². The molecule has 1 N–H and O–H groups in total. The van der Waals surface area contributed by atoms with Gasteiger partial charge in [0.15, 0.2) is 0 Å². The highest BCUT2D eigenvalue weighted by Gasteiger charge is 2.39. The predicted octanol–water partition coefficient (Wildman–Crippen LogP) is 5.28. The quantitative estimate of drug-likeness (QED) is 0.522. The van der Waals surface area contributed by atoms with Crippen molar-refractivity contribution in [2.75, 3.05) is 47.8 Å². The highest BCUT2D eigenvalue weighted by atomic mass is 16.3. The molecule has 170 valence electrons. The minimum Gasteiger partial charge on any atom is -0.387 e. The third-order valence-corrected chi connectivity index (χ3v) is 6.50. The first kappa shape index (κ1) is 27.9. The lowest BCUT2D eigenvalue weighted by Crippen LogP contribution is -2.50. The SMILES string of the molecule is CC(C)CC(O)C[N+](C)(C)C(C)C.CC(C)CC1C[N+](C)(C)CC1CC(C)C. The molecule has 1 heterocycles. The Morgan fingerprint density at radius 1 is 0.786 bits per heavy atom. The Balaban J connectivity index is 0.000000528. The van der Waals surface area contributed by atoms with Crippen LogP contribution in [0.2, 0.25) is 0 Å². The molecule has 0 amide bonds. The van der Waals surface area contributed by atoms with Gasteiger partial charge in [0.25, 0.3) is 0 Å². The predicted molar refractivity (Wildman–Crippen MR) is 125 cm³/mol. The molecule has 0 aromatic carbocycles. The van der Waals surface area contributed by atoms with E-state index in [1.54, 1.807) is 0 Å². The monoisotopic (exact) mass is 400 g/mol. The Hall–Kier alpha value is -0.120. The lowest BCUT2D eigenvalue weighted by Gasteiger charge is -2.36. The van der Waals surface area contributed by atoms with Crippen LogP contribution in [0, 0.1) is 29.6 Å². The number of likely N-dealkylation sites (tertiary alicyclic amines) is 1. The average Bonchev–Trinajstić information content (AvgIpc) is 2.69. The van der Waals surface area contributed by atoms with E-state index in [1.807, 2.05) is 0 Å². The maximum absolute atomic E-state index is 9.79. The Morgan fingerprint density at radius 3 is 1.46 bits per heavy atom. The van der Waals surface area contributed by atoms with Gasteiger partial charge in [-0.2, -0.15) is 0 Å². The Kier molecular flexibility index (Phi) is 11.9. The largest absolute Gasteiger partial charge is 0.387 e. The van der Waals surface area contributed by atoms with E-state index in [2.05, 4.69) is 83.6 Å². The molecule has 3 heteroatoms. The molecule has 0 bridgehead atoms. The first-order chi connectivity index (χ1) is 12.6. The molecule has 1 rings (SSSR count). The molecule has 1 saturated heterocycles. The molecular weight excluding hydrogens is 344 g/mol. The van der Waals surface area contributed by atoms with Crippen molar-refractivity contribution in [1.29, 1.82) is 0 Å². The number of hydrogen-bond acceptors (Lipinski definition) is 1. The summed E-state index contributed by atoms with van der Waals surface area (Å²) in [4.78, 5) is 0. The van der Waals surface area contributed by atoms with Crippen molar-refractivity contribution in [3.05, 3.63) is 0 Å². The van der Waals surface area contributed by atoms with E-state index in [0.717, 1.165) is 41.1 Å². The fourth-order valence-electron chi connectivity index (χ4n) is 4.76. The second kappa shape index (κ2) is 11.9. The van der Waals surface area contributed by atoms with Gasteiger partial charge in [-0.05, 0) is 50.9 Å². The number of aliphatic hydroxyl groups excluding tert-OH is 1. The van der Waals surface area contributed by atoms with Crippen LogP contribution in [-0.4, -0.2) is 74.0 Å². The molecule has 3 nitrogen and oxygen atoms in total. The zero-order valence-electron chi connectivity index (χ0n) is 21.6. The van der Waals surface area contributed by atoms with Crippen molar-refractivity contribution in [2.24, 2.45) is 29.6 Å². The molecule has 0 spiro atoms. The average molecular weight is 401 g/mol. The number of hydrogen-bond donors (Lipinski definition) is 1. The van der Waals surface area contributed by atoms with Crippen molar-refractivity contribution in [2.45, 2.75) is 86.8 Å². The van der Waals surface area contributed by atoms with Gasteiger partial charge >= 0.3 is 0 Å². The molecule has 1 aliphatic heterocycles. The number of rotatable bonds is 9. The lowest BCUT2D eigenvalue weighted by molar-refractivity contribution is -0.914. The van der Waals surface area contributed by atoms with Crippen LogP contribution < -0.4 is 0 Å². The topological polar surface area (TPSA) is 20.2 Å². The maximum Gasteiger partial charge on any atom is 0.105 e. The van der Waals surface area contributed by atoms with Crippen molar-refractivity contribution >= 4 is 0 Å². The van der Waals surface area contributed by atoms with E-state index in [0.29, 0.717) is 12.0 Å². The number of likely N-dealkylation sites (N-methyl/N-ethyl adjacent to an activating group) is 1. The smallest absolute Gasteiger partial charge is 0.105 e. The molecule has 3 atom stereocenters. The summed E-state index contributed by atoms with van der Waals surface area (Å²) in [5, 5.41) is 9.79. The molecular formula is C25H56N2O+2. The van der Waals surface area contributed by atoms with Gasteiger partial charge in [-0.3, -0.25) is 0 Å². The fraction of sp³-hybridized carbons (Fsp3) is 1.00. The van der Waals surface area contributed by atoms with Gasteiger partial charge in [0.2, 0.25) is 0 Å². The van der Waals surface area contributed by atoms with Gasteiger partial charge in [0.05, 0.1) is 47.3 Å². The second-order valence-electron chi connectivity index (χ2n) is 12.4. The summed E-state index contributed by atoms with van der Waals surface area (Å²) in [7, 11) is 9.14. The van der Waals surface area contributed by atoms with Gasteiger partial charge in [-0.15, -0.1) is 0 Å². The fourth-order valence-corrected chi connectivity index (χ4v) is 4.76. The highest BCUT2D eigenvalue weighted by Crippen LogP contribution is 2.35. The number of quaternary nitrogens is 2. The summed E-state index contributed by atoms with van der Waals surface area (Å²) in [6, 6.07) is 0.571. The number of aliphatic hydroxyl groups is 1. The summed E-state index contributed by atoms with van der Waals surface area (Å²) < 4.78 is 2.14. The first-order valence-corrected chi connectivity index (χ1v) is 11.9. The Bertz CT molecular complexity index is 393. The van der Waals surface area contributed by atoms with Crippen molar-refractivity contribution in [3.63, 3.8) is 0 Å². The van der Waals surface area contributed by atoms with Gasteiger partial charge in [0, 0.05) is 11.8 Å². The molecule has 0 radical (unpaired) electrons. The third-order valence-electron chi connectivity index (χ3n) is 6.50. The number of nitrogens with zero attached hydrogens (tertiary/aromatic N) is 2. The van der Waals surface area contributed by atoms with Crippen LogP contribution >= 0.6 is 0 Å². The van der Waals surface area contributed by atoms with E-state index < -0.39 is 0 Å². The highest BCUT2D eigenvalue weighted by molar-refractivity contribution is 4.77. The second-order valence-corrected chi connectivity index (χ2v) is 12.4. The summed E-state index contributed by atoms with van der Waals surface area (Å²) in [6.45, 7) is 21.8. The summed E-state index contributed by atoms with van der Waals surface area (Å²) >= 11 is 0. The van der Waals surface area contributed by atoms with Crippen molar-refractivity contribution < 1.29 is 14.1 Å². The summed E-state index contributed by atoms with van der Waals surface area (Å²) in [5.41, 5.74) is 0. The van der Waals surface area contributed by atoms with Crippen LogP contribution in [0.15, 0.2) is 0 Å². The van der Waals surface area contributed by atoms with Gasteiger partial charge in [0.1, 0.15) is 12.6 Å². The van der Waals surface area contributed by atoms with Crippen molar-refractivity contribution in [1.82, 2.24) is 0 Å². The van der Waals surface area contributed by atoms with E-state index >= 15 is 0 Å². The molecule has 1 aliphatic rings. The Labute approximate surface area is 178 Å². The molecule has 0 aromatic heterocycles. The minimum absolute atomic E-state index is 0.155. The first-order valence-electron chi connectivity index (χ1n) is 11.9. The van der Waals surface area contributed by atoms with E-state index in [4.69, 9.17) is 0 Å². The zero-order chi connectivity index (χ0) is 22.3. The normalized spacial score (nSPS) is 23.5. The molecule has 0 saturated carbocycles. The third kappa shape index (κ3) is 11.8. The van der Waals surface area contributed by atoms with E-state index in [1.165, 1.54) is 30.4 Å². The molecule has 28 heavy (non-hydrogen) atoms. The standard InChI is InChI=1S/C14H30N.C11H26NO/c1-11(2)7-13-9-15(5,6)10-14(13)8-12(3)4;1-9(2)7-11(13)8-12(5,6)10(3)4/h11-14H,7-10H2,1-6H3;9-11,13H,7-8H2,1-6H3/q2*+1. The van der Waals surface area contributed by atoms with E-state index in [9.17, 15) is 5.11 Å². The van der Waals surface area contributed by atoms with E-state index in [-0.39, 0.29) is 6.10 Å². The van der Waals surface area contributed by atoms with Crippen LogP contribution in [0.3, 0.4) is 0 Å². The Morgan fingerprint density at radius 2 is 1.18 bits per heavy atom. The van der Waals surface area contributed by atoms with Crippen LogP contribution in [0.5, 0.6) is 0 Å². The van der Waals surface area contributed by atoms with Crippen LogP contribution in [0.4, 0.5) is 0 Å². The van der Waals surface area contributed by atoms with Gasteiger partial charge in [-0.25, -0.2) is 0 Å². The minimum atomic E-state index is -0.155. The molecule has 1 fully saturated rings. The molecule has 0 aromatic rings. The molecule has 3 unspecified atom stereocenters. The maximum atomic E-state index is 9.79. The summed E-state index contributed by atoms with van der Waals surface area (Å²) in [5.74, 6) is 4.26. The lowest BCUT2D eigenvalue weighted by atomic mass is 9.83.